The second-order valence-electron chi connectivity index (χ2n) is 6.62. The summed E-state index contributed by atoms with van der Waals surface area (Å²) in [6.45, 7) is 3.86. The number of para-hydroxylation sites is 2. The van der Waals surface area contributed by atoms with Gasteiger partial charge in [0.15, 0.2) is 5.13 Å². The molecule has 0 unspecified atom stereocenters. The minimum Gasteiger partial charge on any atom is -0.264 e. The summed E-state index contributed by atoms with van der Waals surface area (Å²) in [6, 6.07) is 17.4. The molecule has 3 heterocycles. The predicted octanol–water partition coefficient (Wildman–Crippen LogP) is 4.33. The van der Waals surface area contributed by atoms with Gasteiger partial charge >= 0.3 is 5.91 Å². The van der Waals surface area contributed by atoms with Crippen molar-refractivity contribution in [3.63, 3.8) is 0 Å². The Labute approximate surface area is 170 Å². The first-order chi connectivity index (χ1) is 14.1. The summed E-state index contributed by atoms with van der Waals surface area (Å²) < 4.78 is 2.58. The first kappa shape index (κ1) is 17.4. The number of hydrogen-bond donors (Lipinski definition) is 0. The largest absolute Gasteiger partial charge is 0.304 e. The highest BCUT2D eigenvalue weighted by Gasteiger charge is 2.28. The number of carbonyl (C=O) groups is 1. The van der Waals surface area contributed by atoms with Crippen molar-refractivity contribution in [1.82, 2.24) is 24.6 Å². The molecule has 0 aliphatic heterocycles. The zero-order chi connectivity index (χ0) is 20.0. The lowest BCUT2D eigenvalue weighted by Gasteiger charge is -2.20. The number of rotatable bonds is 3. The molecule has 0 saturated carbocycles. The molecule has 0 atom stereocenters. The van der Waals surface area contributed by atoms with Gasteiger partial charge in [-0.25, -0.2) is 19.4 Å². The van der Waals surface area contributed by atoms with Crippen molar-refractivity contribution in [2.75, 3.05) is 4.90 Å². The number of thiazole rings is 1. The van der Waals surface area contributed by atoms with Gasteiger partial charge in [0.05, 0.1) is 15.9 Å². The maximum absolute atomic E-state index is 13.6. The van der Waals surface area contributed by atoms with E-state index in [1.165, 1.54) is 11.3 Å². The van der Waals surface area contributed by atoms with Gasteiger partial charge in [0.2, 0.25) is 5.82 Å². The molecule has 0 radical (unpaired) electrons. The minimum atomic E-state index is -0.344. The van der Waals surface area contributed by atoms with Crippen LogP contribution >= 0.6 is 11.3 Å². The summed E-state index contributed by atoms with van der Waals surface area (Å²) in [4.78, 5) is 28.4. The average Bonchev–Trinajstić information content (AvgIpc) is 3.34. The molecular weight excluding hydrogens is 384 g/mol. The van der Waals surface area contributed by atoms with Gasteiger partial charge < -0.3 is 0 Å². The van der Waals surface area contributed by atoms with Crippen LogP contribution in [0.4, 0.5) is 10.8 Å². The molecule has 0 aliphatic carbocycles. The summed E-state index contributed by atoms with van der Waals surface area (Å²) >= 11 is 1.46. The molecule has 3 aromatic heterocycles. The number of nitrogens with zero attached hydrogens (tertiary/aromatic N) is 6. The maximum Gasteiger partial charge on any atom is 0.304 e. The van der Waals surface area contributed by atoms with Crippen LogP contribution in [-0.4, -0.2) is 30.5 Å². The SMILES string of the molecule is Cc1ccccc1N(C(=O)c1nc2nccc(C)n2n1)c1nc2ccccc2s1. The lowest BCUT2D eigenvalue weighted by molar-refractivity contribution is 0.0989. The Kier molecular flexibility index (Phi) is 4.06. The number of hydrogen-bond acceptors (Lipinski definition) is 6. The zero-order valence-electron chi connectivity index (χ0n) is 15.8. The van der Waals surface area contributed by atoms with Gasteiger partial charge in [-0.15, -0.1) is 5.10 Å². The predicted molar refractivity (Wildman–Crippen MR) is 113 cm³/mol. The van der Waals surface area contributed by atoms with Gasteiger partial charge in [-0.2, -0.15) is 4.98 Å². The molecule has 5 rings (SSSR count). The standard InChI is InChI=1S/C21H16N6OS/c1-13-7-3-5-9-16(13)26(21-23-15-8-4-6-10-17(15)29-21)19(28)18-24-20-22-12-11-14(2)27(20)25-18/h3-12H,1-2H3. The topological polar surface area (TPSA) is 76.3 Å². The van der Waals surface area contributed by atoms with E-state index in [1.54, 1.807) is 15.6 Å². The van der Waals surface area contributed by atoms with E-state index in [-0.39, 0.29) is 11.7 Å². The van der Waals surface area contributed by atoms with Gasteiger partial charge in [-0.1, -0.05) is 41.7 Å². The highest BCUT2D eigenvalue weighted by molar-refractivity contribution is 7.22. The highest BCUT2D eigenvalue weighted by atomic mass is 32.1. The quantitative estimate of drug-likeness (QED) is 0.451. The number of benzene rings is 2. The fourth-order valence-electron chi connectivity index (χ4n) is 3.17. The smallest absolute Gasteiger partial charge is 0.264 e. The summed E-state index contributed by atoms with van der Waals surface area (Å²) in [6.07, 6.45) is 1.65. The summed E-state index contributed by atoms with van der Waals surface area (Å²) in [7, 11) is 0. The molecule has 0 saturated heterocycles. The van der Waals surface area contributed by atoms with Crippen LogP contribution in [0.5, 0.6) is 0 Å². The van der Waals surface area contributed by atoms with Crippen molar-refractivity contribution in [1.29, 1.82) is 0 Å². The molecule has 29 heavy (non-hydrogen) atoms. The number of aryl methyl sites for hydroxylation is 2. The van der Waals surface area contributed by atoms with E-state index in [1.807, 2.05) is 68.4 Å². The molecule has 0 N–H and O–H groups in total. The third kappa shape index (κ3) is 2.94. The van der Waals surface area contributed by atoms with Crippen LogP contribution in [0.3, 0.4) is 0 Å². The van der Waals surface area contributed by atoms with Crippen molar-refractivity contribution in [3.05, 3.63) is 77.9 Å². The second kappa shape index (κ2) is 6.75. The highest BCUT2D eigenvalue weighted by Crippen LogP contribution is 2.35. The molecule has 5 aromatic rings. The van der Waals surface area contributed by atoms with Gasteiger partial charge in [-0.05, 0) is 43.7 Å². The lowest BCUT2D eigenvalue weighted by atomic mass is 10.2. The van der Waals surface area contributed by atoms with Crippen LogP contribution in [0.25, 0.3) is 16.0 Å². The van der Waals surface area contributed by atoms with E-state index in [4.69, 9.17) is 4.98 Å². The first-order valence-electron chi connectivity index (χ1n) is 9.06. The Morgan fingerprint density at radius 3 is 2.59 bits per heavy atom. The Bertz CT molecular complexity index is 1340. The fraction of sp³-hybridized carbons (Fsp3) is 0.0952. The van der Waals surface area contributed by atoms with Gasteiger partial charge in [0.25, 0.3) is 5.78 Å². The van der Waals surface area contributed by atoms with Crippen LogP contribution < -0.4 is 4.90 Å². The Hall–Kier alpha value is -3.65. The van der Waals surface area contributed by atoms with Crippen LogP contribution in [-0.2, 0) is 0 Å². The van der Waals surface area contributed by atoms with Crippen molar-refractivity contribution in [3.8, 4) is 0 Å². The molecule has 2 aromatic carbocycles. The number of fused-ring (bicyclic) bond motifs is 2. The molecule has 8 heteroatoms. The molecule has 7 nitrogen and oxygen atoms in total. The molecule has 0 bridgehead atoms. The fourth-order valence-corrected chi connectivity index (χ4v) is 4.14. The molecule has 142 valence electrons. The number of anilines is 2. The van der Waals surface area contributed by atoms with Gasteiger partial charge in [0.1, 0.15) is 0 Å². The average molecular weight is 400 g/mol. The van der Waals surface area contributed by atoms with E-state index in [2.05, 4.69) is 15.1 Å². The van der Waals surface area contributed by atoms with Crippen molar-refractivity contribution >= 4 is 44.1 Å². The molecule has 0 aliphatic rings. The van der Waals surface area contributed by atoms with Crippen LogP contribution in [0.15, 0.2) is 60.8 Å². The second-order valence-corrected chi connectivity index (χ2v) is 7.63. The first-order valence-corrected chi connectivity index (χ1v) is 9.87. The molecule has 0 fully saturated rings. The van der Waals surface area contributed by atoms with Crippen molar-refractivity contribution in [2.24, 2.45) is 0 Å². The van der Waals surface area contributed by atoms with Crippen LogP contribution in [0, 0.1) is 13.8 Å². The number of carbonyl (C=O) groups excluding carboxylic acids is 1. The van der Waals surface area contributed by atoms with Crippen molar-refractivity contribution in [2.45, 2.75) is 13.8 Å². The summed E-state index contributed by atoms with van der Waals surface area (Å²) in [5, 5.41) is 4.97. The Balaban J connectivity index is 1.69. The van der Waals surface area contributed by atoms with Crippen LogP contribution in [0.1, 0.15) is 21.9 Å². The lowest BCUT2D eigenvalue weighted by Crippen LogP contribution is -2.27. The van der Waals surface area contributed by atoms with E-state index < -0.39 is 0 Å². The molecule has 0 spiro atoms. The summed E-state index contributed by atoms with van der Waals surface area (Å²) in [5.41, 5.74) is 3.40. The van der Waals surface area contributed by atoms with Crippen molar-refractivity contribution < 1.29 is 4.79 Å². The van der Waals surface area contributed by atoms with Crippen LogP contribution in [0.2, 0.25) is 0 Å². The molecular formula is C21H16N6OS. The van der Waals surface area contributed by atoms with Gasteiger partial charge in [0, 0.05) is 11.9 Å². The number of aromatic nitrogens is 5. The van der Waals surface area contributed by atoms with E-state index >= 15 is 0 Å². The van der Waals surface area contributed by atoms with E-state index in [0.717, 1.165) is 27.2 Å². The minimum absolute atomic E-state index is 0.0781. The maximum atomic E-state index is 13.6. The Morgan fingerprint density at radius 2 is 1.79 bits per heavy atom. The van der Waals surface area contributed by atoms with E-state index in [9.17, 15) is 4.79 Å². The zero-order valence-corrected chi connectivity index (χ0v) is 16.6. The van der Waals surface area contributed by atoms with Gasteiger partial charge in [-0.3, -0.25) is 4.79 Å². The van der Waals surface area contributed by atoms with E-state index in [0.29, 0.717) is 10.9 Å². The molecule has 1 amide bonds. The summed E-state index contributed by atoms with van der Waals surface area (Å²) in [5.74, 6) is 0.125. The normalized spacial score (nSPS) is 11.2. The third-order valence-corrected chi connectivity index (χ3v) is 5.68. The number of amides is 1. The third-order valence-electron chi connectivity index (χ3n) is 4.65. The Morgan fingerprint density at radius 1 is 1.00 bits per heavy atom. The monoisotopic (exact) mass is 400 g/mol.